The van der Waals surface area contributed by atoms with E-state index in [2.05, 4.69) is 4.72 Å². The highest BCUT2D eigenvalue weighted by Crippen LogP contribution is 2.22. The van der Waals surface area contributed by atoms with Gasteiger partial charge in [-0.3, -0.25) is 0 Å². The van der Waals surface area contributed by atoms with Crippen molar-refractivity contribution in [3.05, 3.63) is 52.3 Å². The van der Waals surface area contributed by atoms with Gasteiger partial charge in [0.05, 0.1) is 23.3 Å². The summed E-state index contributed by atoms with van der Waals surface area (Å²) in [5, 5.41) is 9.34. The molecule has 2 rings (SSSR count). The maximum absolute atomic E-state index is 12.5. The summed E-state index contributed by atoms with van der Waals surface area (Å²) in [6.45, 7) is 7.76. The maximum atomic E-state index is 12.5. The molecule has 1 aliphatic carbocycles. The van der Waals surface area contributed by atoms with Gasteiger partial charge >= 0.3 is 5.97 Å². The summed E-state index contributed by atoms with van der Waals surface area (Å²) in [4.78, 5) is 11.9. The fourth-order valence-electron chi connectivity index (χ4n) is 2.61. The third kappa shape index (κ3) is 6.22. The second kappa shape index (κ2) is 10.3. The van der Waals surface area contributed by atoms with Gasteiger partial charge in [-0.05, 0) is 56.0 Å². The Kier molecular flexibility index (Phi) is 8.72. The van der Waals surface area contributed by atoms with E-state index in [-0.39, 0.29) is 17.0 Å². The lowest BCUT2D eigenvalue weighted by molar-refractivity contribution is 0.0599. The summed E-state index contributed by atoms with van der Waals surface area (Å²) in [7, 11) is -2.46. The average Bonchev–Trinajstić information content (AvgIpc) is 2.66. The standard InChI is InChI=1S/C18H23NO5S.C2H6/c1-12-10-16(11-17(13(12)2)18(21)24-3)25(22,23)19-9-8-14-4-6-15(20)7-5-14;1-2/h4,6,10-11,19-20H,5,7-9H2,1-3H3;1-2H3. The number of sulfonamides is 1. The van der Waals surface area contributed by atoms with Crippen LogP contribution in [0.4, 0.5) is 0 Å². The Morgan fingerprint density at radius 3 is 2.41 bits per heavy atom. The van der Waals surface area contributed by atoms with E-state index in [1.165, 1.54) is 13.2 Å². The molecule has 27 heavy (non-hydrogen) atoms. The van der Waals surface area contributed by atoms with Gasteiger partial charge in [0.1, 0.15) is 0 Å². The van der Waals surface area contributed by atoms with Gasteiger partial charge in [-0.1, -0.05) is 25.5 Å². The molecular weight excluding hydrogens is 366 g/mol. The van der Waals surface area contributed by atoms with Crippen molar-refractivity contribution >= 4 is 16.0 Å². The Labute approximate surface area is 162 Å². The first kappa shape index (κ1) is 22.9. The molecule has 7 heteroatoms. The van der Waals surface area contributed by atoms with Gasteiger partial charge in [0.25, 0.3) is 0 Å². The summed E-state index contributed by atoms with van der Waals surface area (Å²) in [6.07, 6.45) is 5.33. The zero-order chi connectivity index (χ0) is 20.6. The third-order valence-electron chi connectivity index (χ3n) is 4.31. The largest absolute Gasteiger partial charge is 0.512 e. The molecular formula is C20H29NO5S. The molecule has 0 aliphatic heterocycles. The molecule has 0 radical (unpaired) electrons. The SMILES string of the molecule is CC.COC(=O)c1cc(S(=O)(=O)NCCC2=CC=C(O)CC2)cc(C)c1C. The monoisotopic (exact) mass is 395 g/mol. The Hall–Kier alpha value is -2.12. The molecule has 1 aliphatic rings. The summed E-state index contributed by atoms with van der Waals surface area (Å²) in [5.74, 6) is -0.216. The molecule has 0 heterocycles. The van der Waals surface area contributed by atoms with E-state index in [1.807, 2.05) is 19.9 Å². The molecule has 0 aromatic heterocycles. The van der Waals surface area contributed by atoms with Gasteiger partial charge in [-0.2, -0.15) is 0 Å². The molecule has 0 fully saturated rings. The Bertz CT molecular complexity index is 838. The molecule has 0 spiro atoms. The van der Waals surface area contributed by atoms with Crippen molar-refractivity contribution in [2.24, 2.45) is 0 Å². The van der Waals surface area contributed by atoms with Crippen LogP contribution in [0.1, 0.15) is 54.6 Å². The topological polar surface area (TPSA) is 92.7 Å². The number of methoxy groups -OCH3 is 1. The highest BCUT2D eigenvalue weighted by Gasteiger charge is 2.20. The summed E-state index contributed by atoms with van der Waals surface area (Å²) >= 11 is 0. The number of hydrogen-bond acceptors (Lipinski definition) is 5. The van der Waals surface area contributed by atoms with Crippen LogP contribution in [-0.2, 0) is 14.8 Å². The second-order valence-corrected chi connectivity index (χ2v) is 7.80. The lowest BCUT2D eigenvalue weighted by atomic mass is 10.0. The van der Waals surface area contributed by atoms with Crippen LogP contribution in [0.25, 0.3) is 0 Å². The van der Waals surface area contributed by atoms with E-state index in [9.17, 15) is 18.3 Å². The minimum absolute atomic E-state index is 0.0474. The number of benzene rings is 1. The van der Waals surface area contributed by atoms with Gasteiger partial charge < -0.3 is 9.84 Å². The maximum Gasteiger partial charge on any atom is 0.338 e. The minimum Gasteiger partial charge on any atom is -0.512 e. The second-order valence-electron chi connectivity index (χ2n) is 6.04. The normalized spacial score (nSPS) is 13.8. The molecule has 150 valence electrons. The Morgan fingerprint density at radius 2 is 1.85 bits per heavy atom. The Balaban J connectivity index is 0.00000176. The number of allylic oxidation sites excluding steroid dienone is 3. The van der Waals surface area contributed by atoms with Crippen molar-refractivity contribution in [1.82, 2.24) is 4.72 Å². The zero-order valence-electron chi connectivity index (χ0n) is 16.6. The van der Waals surface area contributed by atoms with Crippen LogP contribution in [0.3, 0.4) is 0 Å². The van der Waals surface area contributed by atoms with Gasteiger partial charge in [-0.15, -0.1) is 0 Å². The smallest absolute Gasteiger partial charge is 0.338 e. The van der Waals surface area contributed by atoms with Gasteiger partial charge in [0.2, 0.25) is 10.0 Å². The number of aliphatic hydroxyl groups excluding tert-OH is 1. The highest BCUT2D eigenvalue weighted by molar-refractivity contribution is 7.89. The quantitative estimate of drug-likeness (QED) is 0.712. The average molecular weight is 396 g/mol. The number of esters is 1. The van der Waals surface area contributed by atoms with Gasteiger partial charge in [-0.25, -0.2) is 17.9 Å². The lowest BCUT2D eigenvalue weighted by Gasteiger charge is -2.14. The van der Waals surface area contributed by atoms with Crippen LogP contribution in [0.2, 0.25) is 0 Å². The number of ether oxygens (including phenoxy) is 1. The summed E-state index contributed by atoms with van der Waals surface area (Å²) < 4.78 is 32.3. The van der Waals surface area contributed by atoms with Crippen LogP contribution in [0.5, 0.6) is 0 Å². The van der Waals surface area contributed by atoms with E-state index in [0.29, 0.717) is 29.7 Å². The number of carbonyl (C=O) groups is 1. The van der Waals surface area contributed by atoms with Crippen molar-refractivity contribution in [2.75, 3.05) is 13.7 Å². The number of rotatable bonds is 6. The first-order valence-electron chi connectivity index (χ1n) is 9.01. The fourth-order valence-corrected chi connectivity index (χ4v) is 3.75. The zero-order valence-corrected chi connectivity index (χ0v) is 17.4. The van der Waals surface area contributed by atoms with Crippen LogP contribution >= 0.6 is 0 Å². The van der Waals surface area contributed by atoms with Crippen molar-refractivity contribution in [3.8, 4) is 0 Å². The van der Waals surface area contributed by atoms with Crippen LogP contribution < -0.4 is 4.72 Å². The predicted molar refractivity (Wildman–Crippen MR) is 106 cm³/mol. The van der Waals surface area contributed by atoms with Gasteiger partial charge in [0, 0.05) is 13.0 Å². The number of aryl methyl sites for hydroxylation is 1. The fraction of sp³-hybridized carbons (Fsp3) is 0.450. The number of nitrogens with one attached hydrogen (secondary N) is 1. The van der Waals surface area contributed by atoms with Gasteiger partial charge in [0.15, 0.2) is 0 Å². The molecule has 0 saturated carbocycles. The molecule has 0 unspecified atom stereocenters. The molecule has 2 N–H and O–H groups in total. The Morgan fingerprint density at radius 1 is 1.19 bits per heavy atom. The van der Waals surface area contributed by atoms with Crippen molar-refractivity contribution in [3.63, 3.8) is 0 Å². The van der Waals surface area contributed by atoms with Crippen LogP contribution in [0.15, 0.2) is 40.5 Å². The van der Waals surface area contributed by atoms with Crippen molar-refractivity contribution in [1.29, 1.82) is 0 Å². The lowest BCUT2D eigenvalue weighted by Crippen LogP contribution is -2.26. The summed E-state index contributed by atoms with van der Waals surface area (Å²) in [6, 6.07) is 2.89. The van der Waals surface area contributed by atoms with E-state index in [4.69, 9.17) is 4.74 Å². The number of carbonyl (C=O) groups excluding carboxylic acids is 1. The molecule has 1 aromatic rings. The summed E-state index contributed by atoms with van der Waals surface area (Å²) in [5.41, 5.74) is 2.73. The first-order chi connectivity index (χ1) is 12.7. The van der Waals surface area contributed by atoms with E-state index < -0.39 is 16.0 Å². The molecule has 0 amide bonds. The predicted octanol–water partition coefficient (Wildman–Crippen LogP) is 3.95. The van der Waals surface area contributed by atoms with Crippen molar-refractivity contribution < 1.29 is 23.1 Å². The van der Waals surface area contributed by atoms with E-state index >= 15 is 0 Å². The van der Waals surface area contributed by atoms with Crippen LogP contribution in [0, 0.1) is 13.8 Å². The number of aliphatic hydroxyl groups is 1. The van der Waals surface area contributed by atoms with Crippen LogP contribution in [-0.4, -0.2) is 33.1 Å². The molecule has 0 bridgehead atoms. The molecule has 0 saturated heterocycles. The molecule has 0 atom stereocenters. The third-order valence-corrected chi connectivity index (χ3v) is 5.75. The van der Waals surface area contributed by atoms with E-state index in [0.717, 1.165) is 12.0 Å². The minimum atomic E-state index is -3.73. The molecule has 1 aromatic carbocycles. The van der Waals surface area contributed by atoms with Crippen molar-refractivity contribution in [2.45, 2.75) is 51.9 Å². The van der Waals surface area contributed by atoms with E-state index in [1.54, 1.807) is 26.0 Å². The number of hydrogen-bond donors (Lipinski definition) is 2. The molecule has 6 nitrogen and oxygen atoms in total. The highest BCUT2D eigenvalue weighted by atomic mass is 32.2. The first-order valence-corrected chi connectivity index (χ1v) is 10.5.